The van der Waals surface area contributed by atoms with E-state index in [1.807, 2.05) is 30.3 Å². The Kier molecular flexibility index (Phi) is 5.16. The molecule has 5 heteroatoms. The van der Waals surface area contributed by atoms with Crippen molar-refractivity contribution in [1.82, 2.24) is 4.90 Å². The summed E-state index contributed by atoms with van der Waals surface area (Å²) in [5.74, 6) is -0.270. The Morgan fingerprint density at radius 2 is 1.75 bits per heavy atom. The second-order valence-corrected chi connectivity index (χ2v) is 6.39. The van der Waals surface area contributed by atoms with E-state index >= 15 is 0 Å². The van der Waals surface area contributed by atoms with Gasteiger partial charge in [-0.15, -0.1) is 0 Å². The number of carbonyl (C=O) groups excluding carboxylic acids is 2. The lowest BCUT2D eigenvalue weighted by Crippen LogP contribution is -2.43. The molecule has 24 heavy (non-hydrogen) atoms. The minimum Gasteiger partial charge on any atom is -0.338 e. The van der Waals surface area contributed by atoms with Gasteiger partial charge >= 0.3 is 0 Å². The first-order valence-electron chi connectivity index (χ1n) is 8.04. The van der Waals surface area contributed by atoms with Crippen molar-refractivity contribution < 1.29 is 9.59 Å². The monoisotopic (exact) mass is 342 g/mol. The number of likely N-dealkylation sites (tertiary alicyclic amines) is 1. The summed E-state index contributed by atoms with van der Waals surface area (Å²) in [7, 11) is 0. The molecule has 0 radical (unpaired) electrons. The lowest BCUT2D eigenvalue weighted by Gasteiger charge is -2.32. The first kappa shape index (κ1) is 16.5. The van der Waals surface area contributed by atoms with Crippen LogP contribution in [0.1, 0.15) is 23.2 Å². The Hall–Kier alpha value is -2.33. The van der Waals surface area contributed by atoms with Gasteiger partial charge in [0.05, 0.1) is 5.92 Å². The van der Waals surface area contributed by atoms with Crippen molar-refractivity contribution in [3.05, 3.63) is 65.2 Å². The maximum atomic E-state index is 12.6. The fourth-order valence-corrected chi connectivity index (χ4v) is 3.04. The van der Waals surface area contributed by atoms with E-state index in [1.54, 1.807) is 29.2 Å². The number of para-hydroxylation sites is 1. The van der Waals surface area contributed by atoms with Crippen LogP contribution in [0.25, 0.3) is 0 Å². The largest absolute Gasteiger partial charge is 0.338 e. The molecule has 2 amide bonds. The number of carbonyl (C=O) groups is 2. The summed E-state index contributed by atoms with van der Waals surface area (Å²) in [6.07, 6.45) is 1.62. The Labute approximate surface area is 146 Å². The summed E-state index contributed by atoms with van der Waals surface area (Å²) in [6, 6.07) is 16.2. The van der Waals surface area contributed by atoms with Gasteiger partial charge in [0, 0.05) is 29.4 Å². The van der Waals surface area contributed by atoms with Gasteiger partial charge in [-0.25, -0.2) is 0 Å². The molecule has 1 N–H and O–H groups in total. The topological polar surface area (TPSA) is 49.4 Å². The summed E-state index contributed by atoms with van der Waals surface area (Å²) in [5, 5.41) is 3.53. The van der Waals surface area contributed by atoms with Crippen LogP contribution in [0.4, 0.5) is 5.69 Å². The molecule has 0 saturated carbocycles. The third kappa shape index (κ3) is 3.95. The van der Waals surface area contributed by atoms with Gasteiger partial charge in [0.2, 0.25) is 5.91 Å². The standard InChI is InChI=1S/C19H19ClN2O2/c20-16-10-8-14(9-11-16)19(24)22-12-4-5-15(13-22)18(23)21-17-6-2-1-3-7-17/h1-3,6-11,15H,4-5,12-13H2,(H,21,23)/t15-/m0/s1. The van der Waals surface area contributed by atoms with E-state index in [1.165, 1.54) is 0 Å². The number of nitrogens with zero attached hydrogens (tertiary/aromatic N) is 1. The molecule has 1 saturated heterocycles. The Morgan fingerprint density at radius 3 is 2.46 bits per heavy atom. The van der Waals surface area contributed by atoms with Gasteiger partial charge in [0.15, 0.2) is 0 Å². The molecule has 0 aromatic heterocycles. The van der Waals surface area contributed by atoms with Gasteiger partial charge in [0.25, 0.3) is 5.91 Å². The molecule has 1 atom stereocenters. The predicted molar refractivity (Wildman–Crippen MR) is 95.2 cm³/mol. The minimum absolute atomic E-state index is 0.0326. The molecule has 0 spiro atoms. The zero-order valence-electron chi connectivity index (χ0n) is 13.2. The summed E-state index contributed by atoms with van der Waals surface area (Å²) in [4.78, 5) is 26.8. The van der Waals surface area contributed by atoms with Crippen LogP contribution in [0.2, 0.25) is 5.02 Å². The van der Waals surface area contributed by atoms with Crippen LogP contribution >= 0.6 is 11.6 Å². The Morgan fingerprint density at radius 1 is 1.04 bits per heavy atom. The quantitative estimate of drug-likeness (QED) is 0.921. The number of anilines is 1. The molecule has 2 aromatic carbocycles. The van der Waals surface area contributed by atoms with Crippen molar-refractivity contribution in [2.45, 2.75) is 12.8 Å². The Bertz CT molecular complexity index is 716. The molecular weight excluding hydrogens is 324 g/mol. The van der Waals surface area contributed by atoms with Gasteiger partial charge in [-0.1, -0.05) is 29.8 Å². The summed E-state index contributed by atoms with van der Waals surface area (Å²) >= 11 is 5.87. The number of amides is 2. The highest BCUT2D eigenvalue weighted by Gasteiger charge is 2.28. The number of halogens is 1. The lowest BCUT2D eigenvalue weighted by molar-refractivity contribution is -0.121. The highest BCUT2D eigenvalue weighted by Crippen LogP contribution is 2.21. The molecule has 1 aliphatic rings. The molecule has 0 aliphatic carbocycles. The van der Waals surface area contributed by atoms with Crippen LogP contribution in [0, 0.1) is 5.92 Å². The zero-order chi connectivity index (χ0) is 16.9. The maximum absolute atomic E-state index is 12.6. The van der Waals surface area contributed by atoms with Crippen molar-refractivity contribution in [2.24, 2.45) is 5.92 Å². The van der Waals surface area contributed by atoms with Gasteiger partial charge in [-0.2, -0.15) is 0 Å². The van der Waals surface area contributed by atoms with E-state index in [4.69, 9.17) is 11.6 Å². The molecule has 3 rings (SSSR count). The van der Waals surface area contributed by atoms with Gasteiger partial charge in [-0.3, -0.25) is 9.59 Å². The van der Waals surface area contributed by atoms with Crippen LogP contribution in [0.5, 0.6) is 0 Å². The summed E-state index contributed by atoms with van der Waals surface area (Å²) in [5.41, 5.74) is 1.38. The van der Waals surface area contributed by atoms with Crippen LogP contribution in [-0.4, -0.2) is 29.8 Å². The first-order chi connectivity index (χ1) is 11.6. The molecule has 1 fully saturated rings. The second-order valence-electron chi connectivity index (χ2n) is 5.95. The maximum Gasteiger partial charge on any atom is 0.253 e. The number of hydrogen-bond donors (Lipinski definition) is 1. The fraction of sp³-hybridized carbons (Fsp3) is 0.263. The molecular formula is C19H19ClN2O2. The number of rotatable bonds is 3. The molecule has 124 valence electrons. The molecule has 1 heterocycles. The van der Waals surface area contributed by atoms with E-state index in [2.05, 4.69) is 5.32 Å². The van der Waals surface area contributed by atoms with Crippen LogP contribution in [0.3, 0.4) is 0 Å². The van der Waals surface area contributed by atoms with Crippen molar-refractivity contribution in [3.8, 4) is 0 Å². The van der Waals surface area contributed by atoms with Crippen molar-refractivity contribution in [3.63, 3.8) is 0 Å². The third-order valence-electron chi connectivity index (χ3n) is 4.21. The zero-order valence-corrected chi connectivity index (χ0v) is 14.0. The second kappa shape index (κ2) is 7.49. The minimum atomic E-state index is -0.185. The molecule has 0 unspecified atom stereocenters. The molecule has 2 aromatic rings. The number of benzene rings is 2. The first-order valence-corrected chi connectivity index (χ1v) is 8.42. The van der Waals surface area contributed by atoms with E-state index < -0.39 is 0 Å². The van der Waals surface area contributed by atoms with Crippen molar-refractivity contribution in [2.75, 3.05) is 18.4 Å². The van der Waals surface area contributed by atoms with E-state index in [9.17, 15) is 9.59 Å². The third-order valence-corrected chi connectivity index (χ3v) is 4.46. The normalized spacial score (nSPS) is 17.4. The van der Waals surface area contributed by atoms with Gasteiger partial charge in [-0.05, 0) is 49.2 Å². The van der Waals surface area contributed by atoms with E-state index in [-0.39, 0.29) is 17.7 Å². The van der Waals surface area contributed by atoms with Crippen LogP contribution in [0.15, 0.2) is 54.6 Å². The lowest BCUT2D eigenvalue weighted by atomic mass is 9.96. The molecule has 1 aliphatic heterocycles. The number of nitrogens with one attached hydrogen (secondary N) is 1. The van der Waals surface area contributed by atoms with E-state index in [0.29, 0.717) is 23.7 Å². The smallest absolute Gasteiger partial charge is 0.253 e. The van der Waals surface area contributed by atoms with Crippen molar-refractivity contribution >= 4 is 29.1 Å². The average molecular weight is 343 g/mol. The van der Waals surface area contributed by atoms with Gasteiger partial charge in [0.1, 0.15) is 0 Å². The number of piperidine rings is 1. The van der Waals surface area contributed by atoms with Crippen molar-refractivity contribution in [1.29, 1.82) is 0 Å². The fourth-order valence-electron chi connectivity index (χ4n) is 2.92. The highest BCUT2D eigenvalue weighted by molar-refractivity contribution is 6.30. The summed E-state index contributed by atoms with van der Waals surface area (Å²) in [6.45, 7) is 1.12. The predicted octanol–water partition coefficient (Wildman–Crippen LogP) is 3.83. The molecule has 0 bridgehead atoms. The van der Waals surface area contributed by atoms with Crippen LogP contribution in [-0.2, 0) is 4.79 Å². The Balaban J connectivity index is 1.64. The van der Waals surface area contributed by atoms with Crippen LogP contribution < -0.4 is 5.32 Å². The van der Waals surface area contributed by atoms with E-state index in [0.717, 1.165) is 18.5 Å². The molecule has 4 nitrogen and oxygen atoms in total. The SMILES string of the molecule is O=C(Nc1ccccc1)[C@H]1CCCN(C(=O)c2ccc(Cl)cc2)C1. The summed E-state index contributed by atoms with van der Waals surface area (Å²) < 4.78 is 0. The average Bonchev–Trinajstić information content (AvgIpc) is 2.63. The number of hydrogen-bond acceptors (Lipinski definition) is 2. The highest BCUT2D eigenvalue weighted by atomic mass is 35.5. The van der Waals surface area contributed by atoms with Gasteiger partial charge < -0.3 is 10.2 Å².